The van der Waals surface area contributed by atoms with E-state index < -0.39 is 11.2 Å². The quantitative estimate of drug-likeness (QED) is 0.267. The third kappa shape index (κ3) is 4.62. The molecule has 2 saturated carbocycles. The predicted octanol–water partition coefficient (Wildman–Crippen LogP) is 7.46. The van der Waals surface area contributed by atoms with Gasteiger partial charge in [-0.05, 0) is 98.0 Å². The van der Waals surface area contributed by atoms with E-state index in [1.807, 2.05) is 26.8 Å². The maximum absolute atomic E-state index is 15.6. The number of hydrogen-bond acceptors (Lipinski definition) is 3. The van der Waals surface area contributed by atoms with Crippen molar-refractivity contribution in [3.05, 3.63) is 110 Å². The second kappa shape index (κ2) is 9.66. The van der Waals surface area contributed by atoms with Gasteiger partial charge in [0.1, 0.15) is 10.8 Å². The first-order valence-electron chi connectivity index (χ1n) is 13.3. The van der Waals surface area contributed by atoms with E-state index in [4.69, 9.17) is 11.6 Å². The molecule has 2 aliphatic rings. The van der Waals surface area contributed by atoms with E-state index in [0.29, 0.717) is 17.1 Å². The number of aryl methyl sites for hydroxylation is 2. The van der Waals surface area contributed by atoms with Crippen molar-refractivity contribution in [3.63, 3.8) is 0 Å². The first-order chi connectivity index (χ1) is 19.1. The van der Waals surface area contributed by atoms with Crippen molar-refractivity contribution >= 4 is 23.2 Å². The number of amides is 1. The molecule has 2 aromatic heterocycles. The third-order valence-electron chi connectivity index (χ3n) is 8.24. The number of nitrogens with one attached hydrogen (secondary N) is 1. The normalized spacial score (nSPS) is 18.9. The fraction of sp³-hybridized carbons (Fsp3) is 0.281. The topological polar surface area (TPSA) is 64.0 Å². The van der Waals surface area contributed by atoms with Crippen molar-refractivity contribution in [1.29, 1.82) is 0 Å². The van der Waals surface area contributed by atoms with Crippen LogP contribution in [0.4, 0.5) is 14.5 Å². The number of anilines is 1. The fourth-order valence-corrected chi connectivity index (χ4v) is 5.62. The number of benzene rings is 2. The van der Waals surface area contributed by atoms with Crippen molar-refractivity contribution in [2.75, 3.05) is 5.32 Å². The van der Waals surface area contributed by atoms with E-state index >= 15 is 4.39 Å². The highest BCUT2D eigenvalue weighted by atomic mass is 35.5. The van der Waals surface area contributed by atoms with E-state index in [9.17, 15) is 14.0 Å². The zero-order chi connectivity index (χ0) is 28.3. The SMILES string of the molecule is Cc1cnc(-c2cccc(NC(=O)C3(C)CC3)c2F)cc1-n1c(C)cc([C@H]2C[C@@H]2c2ccc(F)cc2)c(Cl)c1=O. The number of rotatable bonds is 6. The smallest absolute Gasteiger partial charge is 0.274 e. The lowest BCUT2D eigenvalue weighted by molar-refractivity contribution is -0.120. The van der Waals surface area contributed by atoms with Crippen LogP contribution >= 0.6 is 11.6 Å². The van der Waals surface area contributed by atoms with Gasteiger partial charge in [0.15, 0.2) is 5.82 Å². The second-order valence-corrected chi connectivity index (χ2v) is 11.6. The Morgan fingerprint density at radius 3 is 2.50 bits per heavy atom. The maximum Gasteiger partial charge on any atom is 0.274 e. The summed E-state index contributed by atoms with van der Waals surface area (Å²) in [7, 11) is 0. The Labute approximate surface area is 235 Å². The number of carbonyl (C=O) groups excluding carboxylic acids is 1. The van der Waals surface area contributed by atoms with Gasteiger partial charge in [-0.2, -0.15) is 0 Å². The van der Waals surface area contributed by atoms with Crippen LogP contribution in [-0.4, -0.2) is 15.5 Å². The predicted molar refractivity (Wildman–Crippen MR) is 152 cm³/mol. The van der Waals surface area contributed by atoms with E-state index in [0.717, 1.165) is 36.0 Å². The van der Waals surface area contributed by atoms with Crippen LogP contribution in [0.2, 0.25) is 5.02 Å². The van der Waals surface area contributed by atoms with Crippen LogP contribution in [-0.2, 0) is 4.79 Å². The molecule has 1 amide bonds. The highest BCUT2D eigenvalue weighted by molar-refractivity contribution is 6.31. The number of halogens is 3. The van der Waals surface area contributed by atoms with Crippen LogP contribution in [0.3, 0.4) is 0 Å². The van der Waals surface area contributed by atoms with Crippen molar-refractivity contribution in [1.82, 2.24) is 9.55 Å². The molecule has 2 aliphatic carbocycles. The molecular weight excluding hydrogens is 532 g/mol. The Hall–Kier alpha value is -3.84. The maximum atomic E-state index is 15.6. The molecule has 40 heavy (non-hydrogen) atoms. The Morgan fingerprint density at radius 1 is 1.07 bits per heavy atom. The van der Waals surface area contributed by atoms with E-state index in [2.05, 4.69) is 10.3 Å². The standard InChI is InChI=1S/C32H28ClF2N3O2/c1-17-16-36-26(21-5-4-6-25(29(21)35)37-31(40)32(3)11-12-32)15-27(17)38-18(2)13-24(28(33)30(38)39)23-14-22(23)19-7-9-20(34)10-8-19/h4-10,13,15-16,22-23H,11-12,14H2,1-3H3,(H,37,40)/t22-,23+/m1/s1. The van der Waals surface area contributed by atoms with Gasteiger partial charge in [-0.25, -0.2) is 8.78 Å². The first kappa shape index (κ1) is 26.4. The average molecular weight is 560 g/mol. The fourth-order valence-electron chi connectivity index (χ4n) is 5.34. The summed E-state index contributed by atoms with van der Waals surface area (Å²) in [5.74, 6) is -0.803. The Kier molecular flexibility index (Phi) is 6.37. The molecule has 2 atom stereocenters. The molecule has 2 heterocycles. The lowest BCUT2D eigenvalue weighted by Crippen LogP contribution is -2.23. The summed E-state index contributed by atoms with van der Waals surface area (Å²) in [6, 6.07) is 14.8. The lowest BCUT2D eigenvalue weighted by atomic mass is 10.0. The minimum Gasteiger partial charge on any atom is -0.323 e. The van der Waals surface area contributed by atoms with Crippen LogP contribution in [0.5, 0.6) is 0 Å². The van der Waals surface area contributed by atoms with Gasteiger partial charge in [-0.3, -0.25) is 19.1 Å². The van der Waals surface area contributed by atoms with Crippen LogP contribution in [0.15, 0.2) is 65.6 Å². The highest BCUT2D eigenvalue weighted by Gasteiger charge is 2.45. The van der Waals surface area contributed by atoms with E-state index in [1.165, 1.54) is 22.8 Å². The summed E-state index contributed by atoms with van der Waals surface area (Å²) in [6.07, 6.45) is 4.00. The van der Waals surface area contributed by atoms with Gasteiger partial charge in [-0.1, -0.05) is 36.7 Å². The number of hydrogen-bond donors (Lipinski definition) is 1. The first-order valence-corrected chi connectivity index (χ1v) is 13.7. The molecule has 0 unspecified atom stereocenters. The van der Waals surface area contributed by atoms with Gasteiger partial charge in [-0.15, -0.1) is 0 Å². The lowest BCUT2D eigenvalue weighted by Gasteiger charge is -2.17. The molecule has 8 heteroatoms. The number of pyridine rings is 2. The van der Waals surface area contributed by atoms with Gasteiger partial charge in [0, 0.05) is 22.9 Å². The molecule has 0 aliphatic heterocycles. The van der Waals surface area contributed by atoms with Crippen molar-refractivity contribution in [2.45, 2.75) is 51.9 Å². The zero-order valence-electron chi connectivity index (χ0n) is 22.4. The molecule has 2 aromatic carbocycles. The molecular formula is C32H28ClF2N3O2. The monoisotopic (exact) mass is 559 g/mol. The zero-order valence-corrected chi connectivity index (χ0v) is 23.2. The van der Waals surface area contributed by atoms with Crippen LogP contribution in [0.25, 0.3) is 16.9 Å². The molecule has 5 nitrogen and oxygen atoms in total. The average Bonchev–Trinajstić information content (AvgIpc) is 3.86. The summed E-state index contributed by atoms with van der Waals surface area (Å²) in [6.45, 7) is 5.53. The minimum atomic E-state index is -0.583. The molecule has 1 N–H and O–H groups in total. The minimum absolute atomic E-state index is 0.0815. The summed E-state index contributed by atoms with van der Waals surface area (Å²) in [5.41, 5.74) is 3.60. The third-order valence-corrected chi connectivity index (χ3v) is 8.62. The summed E-state index contributed by atoms with van der Waals surface area (Å²) < 4.78 is 30.5. The van der Waals surface area contributed by atoms with Crippen molar-refractivity contribution in [2.24, 2.45) is 5.41 Å². The van der Waals surface area contributed by atoms with Gasteiger partial charge < -0.3 is 5.32 Å². The van der Waals surface area contributed by atoms with Crippen LogP contribution in [0.1, 0.15) is 60.4 Å². The summed E-state index contributed by atoms with van der Waals surface area (Å²) in [5, 5.41) is 2.86. The van der Waals surface area contributed by atoms with Crippen LogP contribution in [0, 0.1) is 30.9 Å². The molecule has 0 spiro atoms. The molecule has 4 aromatic rings. The van der Waals surface area contributed by atoms with Crippen LogP contribution < -0.4 is 10.9 Å². The van der Waals surface area contributed by atoms with Gasteiger partial charge in [0.2, 0.25) is 5.91 Å². The van der Waals surface area contributed by atoms with E-state index in [-0.39, 0.29) is 45.4 Å². The molecule has 0 saturated heterocycles. The van der Waals surface area contributed by atoms with Gasteiger partial charge in [0.05, 0.1) is 17.1 Å². The molecule has 2 fully saturated rings. The summed E-state index contributed by atoms with van der Waals surface area (Å²) >= 11 is 6.67. The highest BCUT2D eigenvalue weighted by Crippen LogP contribution is 2.56. The number of nitrogens with zero attached hydrogens (tertiary/aromatic N) is 2. The number of aromatic nitrogens is 2. The van der Waals surface area contributed by atoms with Gasteiger partial charge >= 0.3 is 0 Å². The second-order valence-electron chi connectivity index (χ2n) is 11.2. The van der Waals surface area contributed by atoms with Crippen molar-refractivity contribution < 1.29 is 13.6 Å². The number of carbonyl (C=O) groups is 1. The Balaban J connectivity index is 1.34. The molecule has 204 valence electrons. The molecule has 6 rings (SSSR count). The molecule has 0 bridgehead atoms. The Morgan fingerprint density at radius 2 is 1.80 bits per heavy atom. The Bertz CT molecular complexity index is 1730. The molecule has 0 radical (unpaired) electrons. The summed E-state index contributed by atoms with van der Waals surface area (Å²) in [4.78, 5) is 30.6. The van der Waals surface area contributed by atoms with E-state index in [1.54, 1.807) is 36.5 Å². The van der Waals surface area contributed by atoms with Gasteiger partial charge in [0.25, 0.3) is 5.56 Å². The largest absolute Gasteiger partial charge is 0.323 e. The van der Waals surface area contributed by atoms with Crippen molar-refractivity contribution in [3.8, 4) is 16.9 Å².